The topological polar surface area (TPSA) is 86.7 Å². The number of thiophene rings is 1. The molecule has 2 N–H and O–H groups in total. The number of aryl methyl sites for hydroxylation is 1. The molecule has 1 aromatic heterocycles. The van der Waals surface area contributed by atoms with Crippen LogP contribution in [-0.4, -0.2) is 40.9 Å². The van der Waals surface area contributed by atoms with E-state index in [2.05, 4.69) is 11.4 Å². The van der Waals surface area contributed by atoms with Crippen molar-refractivity contribution in [1.29, 1.82) is 0 Å². The standard InChI is InChI=1S/C20H22N2O4S/c23-18(8-2-6-17-7-3-11-27-17)21-16-5-1-4-14(12-16)19(24)22-10-9-15(13-22)20(25)26/h1,3-5,7,11-12,15H,2,6,8-10,13H2,(H,21,23)(H,25,26). The van der Waals surface area contributed by atoms with Crippen molar-refractivity contribution in [3.63, 3.8) is 0 Å². The van der Waals surface area contributed by atoms with E-state index in [1.165, 1.54) is 4.88 Å². The maximum Gasteiger partial charge on any atom is 0.308 e. The fourth-order valence-electron chi connectivity index (χ4n) is 3.16. The Labute approximate surface area is 161 Å². The van der Waals surface area contributed by atoms with Crippen LogP contribution in [0.5, 0.6) is 0 Å². The normalized spacial score (nSPS) is 16.3. The molecule has 1 saturated heterocycles. The first-order chi connectivity index (χ1) is 13.0. The molecular weight excluding hydrogens is 364 g/mol. The van der Waals surface area contributed by atoms with Crippen molar-refractivity contribution in [2.24, 2.45) is 5.92 Å². The molecule has 1 aliphatic rings. The summed E-state index contributed by atoms with van der Waals surface area (Å²) in [6, 6.07) is 10.9. The van der Waals surface area contributed by atoms with E-state index in [0.717, 1.165) is 12.8 Å². The fraction of sp³-hybridized carbons (Fsp3) is 0.350. The van der Waals surface area contributed by atoms with Gasteiger partial charge in [-0.1, -0.05) is 12.1 Å². The first kappa shape index (κ1) is 19.1. The van der Waals surface area contributed by atoms with Crippen molar-refractivity contribution in [2.45, 2.75) is 25.7 Å². The molecule has 2 heterocycles. The minimum absolute atomic E-state index is 0.0803. The van der Waals surface area contributed by atoms with Gasteiger partial charge in [0.05, 0.1) is 5.92 Å². The highest BCUT2D eigenvalue weighted by molar-refractivity contribution is 7.09. The highest BCUT2D eigenvalue weighted by atomic mass is 32.1. The Morgan fingerprint density at radius 1 is 1.22 bits per heavy atom. The van der Waals surface area contributed by atoms with Crippen LogP contribution in [0.2, 0.25) is 0 Å². The highest BCUT2D eigenvalue weighted by Crippen LogP contribution is 2.20. The van der Waals surface area contributed by atoms with Crippen molar-refractivity contribution in [2.75, 3.05) is 18.4 Å². The van der Waals surface area contributed by atoms with Gasteiger partial charge in [-0.3, -0.25) is 14.4 Å². The van der Waals surface area contributed by atoms with E-state index < -0.39 is 11.9 Å². The summed E-state index contributed by atoms with van der Waals surface area (Å²) in [4.78, 5) is 38.6. The Balaban J connectivity index is 1.53. The molecule has 0 aliphatic carbocycles. The number of carbonyl (C=O) groups is 3. The van der Waals surface area contributed by atoms with Gasteiger partial charge in [0.1, 0.15) is 0 Å². The summed E-state index contributed by atoms with van der Waals surface area (Å²) in [7, 11) is 0. The number of amides is 2. The average molecular weight is 386 g/mol. The number of carboxylic acid groups (broad SMARTS) is 1. The molecule has 6 nitrogen and oxygen atoms in total. The molecule has 142 valence electrons. The molecule has 2 aromatic rings. The van der Waals surface area contributed by atoms with Crippen molar-refractivity contribution in [1.82, 2.24) is 4.90 Å². The van der Waals surface area contributed by atoms with E-state index >= 15 is 0 Å². The Bertz CT molecular complexity index is 819. The lowest BCUT2D eigenvalue weighted by molar-refractivity contribution is -0.141. The van der Waals surface area contributed by atoms with Crippen molar-refractivity contribution in [3.05, 3.63) is 52.2 Å². The second-order valence-corrected chi connectivity index (χ2v) is 7.67. The van der Waals surface area contributed by atoms with Gasteiger partial charge in [0.2, 0.25) is 5.91 Å². The van der Waals surface area contributed by atoms with Crippen LogP contribution in [0.1, 0.15) is 34.5 Å². The second kappa shape index (κ2) is 8.81. The molecule has 3 rings (SSSR count). The SMILES string of the molecule is O=C(CCCc1cccs1)Nc1cccc(C(=O)N2CCC(C(=O)O)C2)c1. The Morgan fingerprint density at radius 2 is 2.07 bits per heavy atom. The van der Waals surface area contributed by atoms with Crippen molar-refractivity contribution in [3.8, 4) is 0 Å². The molecule has 1 fully saturated rings. The number of rotatable bonds is 7. The highest BCUT2D eigenvalue weighted by Gasteiger charge is 2.31. The lowest BCUT2D eigenvalue weighted by atomic mass is 10.1. The third kappa shape index (κ3) is 5.17. The summed E-state index contributed by atoms with van der Waals surface area (Å²) in [5.74, 6) is -1.65. The Kier molecular flexibility index (Phi) is 6.24. The van der Waals surface area contributed by atoms with Gasteiger partial charge < -0.3 is 15.3 Å². The van der Waals surface area contributed by atoms with Gasteiger partial charge in [-0.2, -0.15) is 0 Å². The number of benzene rings is 1. The molecule has 1 aliphatic heterocycles. The molecule has 1 unspecified atom stereocenters. The van der Waals surface area contributed by atoms with Crippen LogP contribution in [0, 0.1) is 5.92 Å². The zero-order valence-corrected chi connectivity index (χ0v) is 15.7. The number of hydrogen-bond donors (Lipinski definition) is 2. The smallest absolute Gasteiger partial charge is 0.308 e. The Hall–Kier alpha value is -2.67. The number of likely N-dealkylation sites (tertiary alicyclic amines) is 1. The first-order valence-electron chi connectivity index (χ1n) is 8.97. The minimum Gasteiger partial charge on any atom is -0.481 e. The number of nitrogens with one attached hydrogen (secondary N) is 1. The summed E-state index contributed by atoms with van der Waals surface area (Å²) in [6.07, 6.45) is 2.54. The molecular formula is C20H22N2O4S. The van der Waals surface area contributed by atoms with Crippen molar-refractivity contribution < 1.29 is 19.5 Å². The van der Waals surface area contributed by atoms with E-state index in [9.17, 15) is 14.4 Å². The van der Waals surface area contributed by atoms with E-state index in [-0.39, 0.29) is 18.4 Å². The van der Waals surface area contributed by atoms with Crippen LogP contribution in [0.25, 0.3) is 0 Å². The average Bonchev–Trinajstić information content (AvgIpc) is 3.33. The number of carbonyl (C=O) groups excluding carboxylic acids is 2. The molecule has 1 atom stereocenters. The molecule has 0 saturated carbocycles. The van der Waals surface area contributed by atoms with E-state index in [0.29, 0.717) is 30.6 Å². The summed E-state index contributed by atoms with van der Waals surface area (Å²) < 4.78 is 0. The van der Waals surface area contributed by atoms with Gasteiger partial charge in [-0.15, -0.1) is 11.3 Å². The van der Waals surface area contributed by atoms with Gasteiger partial charge in [0.15, 0.2) is 0 Å². The summed E-state index contributed by atoms with van der Waals surface area (Å²) in [6.45, 7) is 0.669. The summed E-state index contributed by atoms with van der Waals surface area (Å²) >= 11 is 1.69. The molecule has 0 radical (unpaired) electrons. The molecule has 0 spiro atoms. The molecule has 2 amide bonds. The maximum absolute atomic E-state index is 12.6. The number of anilines is 1. The van der Waals surface area contributed by atoms with E-state index in [1.54, 1.807) is 40.5 Å². The molecule has 27 heavy (non-hydrogen) atoms. The largest absolute Gasteiger partial charge is 0.481 e. The predicted molar refractivity (Wildman–Crippen MR) is 104 cm³/mol. The third-order valence-corrected chi connectivity index (χ3v) is 5.56. The fourth-order valence-corrected chi connectivity index (χ4v) is 3.91. The van der Waals surface area contributed by atoms with Crippen LogP contribution in [0.4, 0.5) is 5.69 Å². The lowest BCUT2D eigenvalue weighted by Crippen LogP contribution is -2.30. The van der Waals surface area contributed by atoms with Crippen LogP contribution in [-0.2, 0) is 16.0 Å². The Morgan fingerprint density at radius 3 is 2.78 bits per heavy atom. The summed E-state index contributed by atoms with van der Waals surface area (Å²) in [5, 5.41) is 13.9. The van der Waals surface area contributed by atoms with E-state index in [4.69, 9.17) is 5.11 Å². The quantitative estimate of drug-likeness (QED) is 0.765. The number of nitrogens with zero attached hydrogens (tertiary/aromatic N) is 1. The van der Waals surface area contributed by atoms with Gasteiger partial charge >= 0.3 is 5.97 Å². The van der Waals surface area contributed by atoms with Crippen LogP contribution >= 0.6 is 11.3 Å². The zero-order chi connectivity index (χ0) is 19.2. The minimum atomic E-state index is -0.867. The summed E-state index contributed by atoms with van der Waals surface area (Å²) in [5.41, 5.74) is 1.04. The van der Waals surface area contributed by atoms with Crippen LogP contribution in [0.3, 0.4) is 0 Å². The van der Waals surface area contributed by atoms with Gasteiger partial charge in [-0.25, -0.2) is 0 Å². The number of carboxylic acids is 1. The molecule has 7 heteroatoms. The van der Waals surface area contributed by atoms with Crippen molar-refractivity contribution >= 4 is 34.8 Å². The maximum atomic E-state index is 12.6. The van der Waals surface area contributed by atoms with Crippen LogP contribution in [0.15, 0.2) is 41.8 Å². The zero-order valence-electron chi connectivity index (χ0n) is 14.9. The van der Waals surface area contributed by atoms with Crippen LogP contribution < -0.4 is 5.32 Å². The molecule has 0 bridgehead atoms. The third-order valence-electron chi connectivity index (χ3n) is 4.63. The van der Waals surface area contributed by atoms with Gasteiger partial charge in [0, 0.05) is 35.6 Å². The lowest BCUT2D eigenvalue weighted by Gasteiger charge is -2.16. The predicted octanol–water partition coefficient (Wildman–Crippen LogP) is 3.26. The van der Waals surface area contributed by atoms with Gasteiger partial charge in [-0.05, 0) is 48.9 Å². The first-order valence-corrected chi connectivity index (χ1v) is 9.85. The number of aliphatic carboxylic acids is 1. The number of hydrogen-bond acceptors (Lipinski definition) is 4. The molecule has 1 aromatic carbocycles. The second-order valence-electron chi connectivity index (χ2n) is 6.64. The van der Waals surface area contributed by atoms with E-state index in [1.807, 2.05) is 11.4 Å². The van der Waals surface area contributed by atoms with Gasteiger partial charge in [0.25, 0.3) is 5.91 Å². The monoisotopic (exact) mass is 386 g/mol.